The number of fused-ring (bicyclic) bond motifs is 1. The van der Waals surface area contributed by atoms with E-state index in [0.29, 0.717) is 17.8 Å². The predicted octanol–water partition coefficient (Wildman–Crippen LogP) is 2.80. The van der Waals surface area contributed by atoms with Gasteiger partial charge in [0.25, 0.3) is 0 Å². The SMILES string of the molecule is CCOC1CC(Nc2c(N)cnc3ccccc23)C1. The van der Waals surface area contributed by atoms with Crippen LogP contribution in [0.15, 0.2) is 30.5 Å². The first kappa shape index (κ1) is 12.2. The molecule has 3 rings (SSSR count). The molecular formula is C15H19N3O. The van der Waals surface area contributed by atoms with Crippen LogP contribution in [-0.2, 0) is 4.74 Å². The molecule has 0 spiro atoms. The number of hydrogen-bond donors (Lipinski definition) is 2. The lowest BCUT2D eigenvalue weighted by atomic mass is 9.89. The zero-order chi connectivity index (χ0) is 13.2. The number of nitrogen functional groups attached to an aromatic ring is 1. The molecule has 100 valence electrons. The van der Waals surface area contributed by atoms with Crippen molar-refractivity contribution in [3.05, 3.63) is 30.5 Å². The van der Waals surface area contributed by atoms with Crippen LogP contribution in [0.3, 0.4) is 0 Å². The molecule has 4 nitrogen and oxygen atoms in total. The van der Waals surface area contributed by atoms with Gasteiger partial charge < -0.3 is 15.8 Å². The van der Waals surface area contributed by atoms with Crippen LogP contribution in [0.4, 0.5) is 11.4 Å². The highest BCUT2D eigenvalue weighted by molar-refractivity contribution is 5.96. The second-order valence-corrected chi connectivity index (χ2v) is 5.00. The molecule has 1 aliphatic rings. The number of nitrogens with zero attached hydrogens (tertiary/aromatic N) is 1. The molecule has 1 aromatic carbocycles. The van der Waals surface area contributed by atoms with E-state index >= 15 is 0 Å². The van der Waals surface area contributed by atoms with Gasteiger partial charge in [-0.15, -0.1) is 0 Å². The Morgan fingerprint density at radius 2 is 2.16 bits per heavy atom. The van der Waals surface area contributed by atoms with Gasteiger partial charge in [0.1, 0.15) is 0 Å². The zero-order valence-corrected chi connectivity index (χ0v) is 11.1. The van der Waals surface area contributed by atoms with Gasteiger partial charge in [-0.05, 0) is 25.8 Å². The van der Waals surface area contributed by atoms with Crippen molar-refractivity contribution in [1.29, 1.82) is 0 Å². The Kier molecular flexibility index (Phi) is 3.25. The van der Waals surface area contributed by atoms with Gasteiger partial charge in [0.05, 0.1) is 29.2 Å². The number of ether oxygens (including phenoxy) is 1. The quantitative estimate of drug-likeness (QED) is 0.884. The Balaban J connectivity index is 1.79. The van der Waals surface area contributed by atoms with Gasteiger partial charge in [-0.2, -0.15) is 0 Å². The van der Waals surface area contributed by atoms with Crippen molar-refractivity contribution in [1.82, 2.24) is 4.98 Å². The third-order valence-corrected chi connectivity index (χ3v) is 3.65. The maximum atomic E-state index is 6.05. The Labute approximate surface area is 113 Å². The molecule has 2 aromatic rings. The average Bonchev–Trinajstić information content (AvgIpc) is 2.39. The molecule has 0 atom stereocenters. The lowest BCUT2D eigenvalue weighted by Crippen LogP contribution is -2.41. The number of rotatable bonds is 4. The molecule has 0 aliphatic heterocycles. The maximum absolute atomic E-state index is 6.05. The summed E-state index contributed by atoms with van der Waals surface area (Å²) in [5.41, 5.74) is 8.74. The molecule has 3 N–H and O–H groups in total. The van der Waals surface area contributed by atoms with Crippen molar-refractivity contribution >= 4 is 22.3 Å². The molecule has 1 heterocycles. The summed E-state index contributed by atoms with van der Waals surface area (Å²) in [6.07, 6.45) is 4.22. The highest BCUT2D eigenvalue weighted by Gasteiger charge is 2.30. The van der Waals surface area contributed by atoms with Crippen molar-refractivity contribution in [3.63, 3.8) is 0 Å². The molecule has 0 saturated heterocycles. The van der Waals surface area contributed by atoms with Crippen molar-refractivity contribution in [2.75, 3.05) is 17.7 Å². The minimum atomic E-state index is 0.400. The third-order valence-electron chi connectivity index (χ3n) is 3.65. The van der Waals surface area contributed by atoms with Crippen molar-refractivity contribution < 1.29 is 4.74 Å². The van der Waals surface area contributed by atoms with Crippen LogP contribution in [0.1, 0.15) is 19.8 Å². The summed E-state index contributed by atoms with van der Waals surface area (Å²) in [6.45, 7) is 2.83. The fraction of sp³-hybridized carbons (Fsp3) is 0.400. The minimum Gasteiger partial charge on any atom is -0.396 e. The Morgan fingerprint density at radius 1 is 1.37 bits per heavy atom. The lowest BCUT2D eigenvalue weighted by molar-refractivity contribution is 0.00303. The highest BCUT2D eigenvalue weighted by atomic mass is 16.5. The predicted molar refractivity (Wildman–Crippen MR) is 78.2 cm³/mol. The number of anilines is 2. The van der Waals surface area contributed by atoms with E-state index in [-0.39, 0.29) is 0 Å². The van der Waals surface area contributed by atoms with Crippen molar-refractivity contribution in [2.24, 2.45) is 0 Å². The molecule has 0 radical (unpaired) electrons. The average molecular weight is 257 g/mol. The molecule has 0 unspecified atom stereocenters. The Hall–Kier alpha value is -1.81. The normalized spacial score (nSPS) is 22.2. The molecule has 1 aromatic heterocycles. The maximum Gasteiger partial charge on any atom is 0.0743 e. The molecule has 1 fully saturated rings. The number of para-hydroxylation sites is 1. The van der Waals surface area contributed by atoms with E-state index in [4.69, 9.17) is 10.5 Å². The summed E-state index contributed by atoms with van der Waals surface area (Å²) >= 11 is 0. The summed E-state index contributed by atoms with van der Waals surface area (Å²) in [4.78, 5) is 4.35. The number of nitrogens with one attached hydrogen (secondary N) is 1. The largest absolute Gasteiger partial charge is 0.396 e. The first-order chi connectivity index (χ1) is 9.28. The minimum absolute atomic E-state index is 0.400. The number of aromatic nitrogens is 1. The summed E-state index contributed by atoms with van der Waals surface area (Å²) in [7, 11) is 0. The Bertz CT molecular complexity index is 579. The first-order valence-corrected chi connectivity index (χ1v) is 6.79. The summed E-state index contributed by atoms with van der Waals surface area (Å²) in [6, 6.07) is 8.51. The van der Waals surface area contributed by atoms with Crippen LogP contribution < -0.4 is 11.1 Å². The summed E-state index contributed by atoms with van der Waals surface area (Å²) in [5.74, 6) is 0. The van der Waals surface area contributed by atoms with Crippen LogP contribution in [0.2, 0.25) is 0 Å². The van der Waals surface area contributed by atoms with Gasteiger partial charge in [0, 0.05) is 18.0 Å². The fourth-order valence-electron chi connectivity index (χ4n) is 2.58. The fourth-order valence-corrected chi connectivity index (χ4v) is 2.58. The van der Waals surface area contributed by atoms with Gasteiger partial charge in [0.2, 0.25) is 0 Å². The molecule has 1 saturated carbocycles. The zero-order valence-electron chi connectivity index (χ0n) is 11.1. The molecule has 0 bridgehead atoms. The van der Waals surface area contributed by atoms with Gasteiger partial charge in [-0.1, -0.05) is 18.2 Å². The molecule has 19 heavy (non-hydrogen) atoms. The number of hydrogen-bond acceptors (Lipinski definition) is 4. The second kappa shape index (κ2) is 5.05. The second-order valence-electron chi connectivity index (χ2n) is 5.00. The van der Waals surface area contributed by atoms with E-state index < -0.39 is 0 Å². The van der Waals surface area contributed by atoms with E-state index in [9.17, 15) is 0 Å². The van der Waals surface area contributed by atoms with Crippen molar-refractivity contribution in [3.8, 4) is 0 Å². The Morgan fingerprint density at radius 3 is 2.95 bits per heavy atom. The first-order valence-electron chi connectivity index (χ1n) is 6.79. The van der Waals surface area contributed by atoms with Crippen LogP contribution in [0, 0.1) is 0 Å². The third kappa shape index (κ3) is 2.36. The van der Waals surface area contributed by atoms with E-state index in [0.717, 1.165) is 36.0 Å². The van der Waals surface area contributed by atoms with E-state index in [1.165, 1.54) is 0 Å². The van der Waals surface area contributed by atoms with E-state index in [2.05, 4.69) is 16.4 Å². The molecule has 4 heteroatoms. The van der Waals surface area contributed by atoms with Gasteiger partial charge in [-0.25, -0.2) is 0 Å². The number of pyridine rings is 1. The highest BCUT2D eigenvalue weighted by Crippen LogP contribution is 2.33. The van der Waals surface area contributed by atoms with Crippen LogP contribution in [0.25, 0.3) is 10.9 Å². The van der Waals surface area contributed by atoms with Gasteiger partial charge >= 0.3 is 0 Å². The van der Waals surface area contributed by atoms with E-state index in [1.54, 1.807) is 6.20 Å². The standard InChI is InChI=1S/C15H19N3O/c1-2-19-11-7-10(8-11)18-15-12-5-3-4-6-14(12)17-9-13(15)16/h3-6,9-11H,2,7-8,16H2,1H3,(H,17,18). The number of nitrogens with two attached hydrogens (primary N) is 1. The smallest absolute Gasteiger partial charge is 0.0743 e. The van der Waals surface area contributed by atoms with Crippen LogP contribution in [0.5, 0.6) is 0 Å². The van der Waals surface area contributed by atoms with E-state index in [1.807, 2.05) is 25.1 Å². The van der Waals surface area contributed by atoms with Crippen molar-refractivity contribution in [2.45, 2.75) is 31.9 Å². The van der Waals surface area contributed by atoms with Gasteiger partial charge in [0.15, 0.2) is 0 Å². The topological polar surface area (TPSA) is 60.2 Å². The van der Waals surface area contributed by atoms with Gasteiger partial charge in [-0.3, -0.25) is 4.98 Å². The molecular weight excluding hydrogens is 238 g/mol. The van der Waals surface area contributed by atoms with Crippen LogP contribution in [-0.4, -0.2) is 23.7 Å². The lowest BCUT2D eigenvalue weighted by Gasteiger charge is -2.36. The monoisotopic (exact) mass is 257 g/mol. The summed E-state index contributed by atoms with van der Waals surface area (Å²) < 4.78 is 5.58. The molecule has 0 amide bonds. The molecule has 1 aliphatic carbocycles. The van der Waals surface area contributed by atoms with Crippen LogP contribution >= 0.6 is 0 Å². The number of benzene rings is 1. The summed E-state index contributed by atoms with van der Waals surface area (Å²) in [5, 5.41) is 4.62.